The molecule has 0 heterocycles. The Balaban J connectivity index is 2.07. The van der Waals surface area contributed by atoms with Crippen LogP contribution in [0.3, 0.4) is 0 Å². The van der Waals surface area contributed by atoms with E-state index >= 15 is 0 Å². The number of carbonyl (C=O) groups is 2. The molecule has 2 amide bonds. The van der Waals surface area contributed by atoms with Gasteiger partial charge in [0.05, 0.1) is 24.8 Å². The second-order valence-corrected chi connectivity index (χ2v) is 11.8. The lowest BCUT2D eigenvalue weighted by molar-refractivity contribution is -0.140. The van der Waals surface area contributed by atoms with E-state index in [1.165, 1.54) is 37.3 Å². The third-order valence-electron chi connectivity index (χ3n) is 6.56. The fourth-order valence-corrected chi connectivity index (χ4v) is 5.85. The SMILES string of the molecule is CCC(C(=O)NC(C)C)N(Cc1ccc(C)cc1)C(=O)CN(c1ccccc1)S(=O)(=O)c1ccc(OC)c(OC)c1. The van der Waals surface area contributed by atoms with Crippen molar-refractivity contribution in [2.24, 2.45) is 0 Å². The normalized spacial score (nSPS) is 12.0. The van der Waals surface area contributed by atoms with Gasteiger partial charge in [0, 0.05) is 18.7 Å². The number of rotatable bonds is 13. The molecule has 3 aromatic carbocycles. The molecule has 0 aliphatic heterocycles. The van der Waals surface area contributed by atoms with Crippen molar-refractivity contribution in [3.8, 4) is 11.5 Å². The second-order valence-electron chi connectivity index (χ2n) is 9.96. The molecule has 220 valence electrons. The van der Waals surface area contributed by atoms with Crippen LogP contribution in [0.15, 0.2) is 77.7 Å². The minimum absolute atomic E-state index is 0.0681. The van der Waals surface area contributed by atoms with Gasteiger partial charge in [-0.05, 0) is 57.0 Å². The first-order valence-corrected chi connectivity index (χ1v) is 14.9. The number of para-hydroxylation sites is 1. The van der Waals surface area contributed by atoms with Crippen LogP contribution >= 0.6 is 0 Å². The van der Waals surface area contributed by atoms with Crippen molar-refractivity contribution >= 4 is 27.5 Å². The van der Waals surface area contributed by atoms with E-state index in [4.69, 9.17) is 9.47 Å². The number of nitrogens with zero attached hydrogens (tertiary/aromatic N) is 2. The third-order valence-corrected chi connectivity index (χ3v) is 8.33. The molecular formula is C31H39N3O6S. The van der Waals surface area contributed by atoms with Crippen LogP contribution < -0.4 is 19.1 Å². The Hall–Kier alpha value is -4.05. The van der Waals surface area contributed by atoms with E-state index in [2.05, 4.69) is 5.32 Å². The van der Waals surface area contributed by atoms with Crippen molar-refractivity contribution in [3.63, 3.8) is 0 Å². The summed E-state index contributed by atoms with van der Waals surface area (Å²) in [5.41, 5.74) is 2.20. The number of aryl methyl sites for hydroxylation is 1. The molecule has 1 unspecified atom stereocenters. The van der Waals surface area contributed by atoms with Crippen molar-refractivity contribution < 1.29 is 27.5 Å². The zero-order chi connectivity index (χ0) is 30.2. The maximum atomic E-state index is 14.1. The predicted octanol–water partition coefficient (Wildman–Crippen LogP) is 4.54. The van der Waals surface area contributed by atoms with Gasteiger partial charge in [-0.1, -0.05) is 55.0 Å². The summed E-state index contributed by atoms with van der Waals surface area (Å²) in [5, 5.41) is 2.90. The topological polar surface area (TPSA) is 105 Å². The van der Waals surface area contributed by atoms with Crippen LogP contribution in [0.25, 0.3) is 0 Å². The van der Waals surface area contributed by atoms with E-state index < -0.39 is 28.5 Å². The summed E-state index contributed by atoms with van der Waals surface area (Å²) < 4.78 is 39.8. The van der Waals surface area contributed by atoms with Crippen LogP contribution in [0.2, 0.25) is 0 Å². The van der Waals surface area contributed by atoms with Crippen molar-refractivity contribution in [2.45, 2.75) is 57.6 Å². The first-order chi connectivity index (χ1) is 19.5. The van der Waals surface area contributed by atoms with Crippen LogP contribution in [0.5, 0.6) is 11.5 Å². The second kappa shape index (κ2) is 14.0. The van der Waals surface area contributed by atoms with Gasteiger partial charge < -0.3 is 19.7 Å². The van der Waals surface area contributed by atoms with E-state index in [-0.39, 0.29) is 29.1 Å². The zero-order valence-electron chi connectivity index (χ0n) is 24.5. The van der Waals surface area contributed by atoms with Crippen molar-refractivity contribution in [1.82, 2.24) is 10.2 Å². The third kappa shape index (κ3) is 7.79. The summed E-state index contributed by atoms with van der Waals surface area (Å²) in [6.45, 7) is 7.12. The van der Waals surface area contributed by atoms with E-state index in [1.54, 1.807) is 30.3 Å². The Morgan fingerprint density at radius 1 is 0.902 bits per heavy atom. The Morgan fingerprint density at radius 2 is 1.54 bits per heavy atom. The smallest absolute Gasteiger partial charge is 0.264 e. The Bertz CT molecular complexity index is 1430. The van der Waals surface area contributed by atoms with Crippen molar-refractivity contribution in [2.75, 3.05) is 25.1 Å². The summed E-state index contributed by atoms with van der Waals surface area (Å²) >= 11 is 0. The summed E-state index contributed by atoms with van der Waals surface area (Å²) in [5.74, 6) is -0.188. The monoisotopic (exact) mass is 581 g/mol. The molecular weight excluding hydrogens is 542 g/mol. The number of nitrogens with one attached hydrogen (secondary N) is 1. The summed E-state index contributed by atoms with van der Waals surface area (Å²) in [4.78, 5) is 28.7. The van der Waals surface area contributed by atoms with Gasteiger partial charge in [-0.15, -0.1) is 0 Å². The average Bonchev–Trinajstić information content (AvgIpc) is 2.96. The highest BCUT2D eigenvalue weighted by atomic mass is 32.2. The summed E-state index contributed by atoms with van der Waals surface area (Å²) in [6.07, 6.45) is 0.351. The molecule has 0 aliphatic carbocycles. The number of methoxy groups -OCH3 is 2. The Kier molecular flexibility index (Phi) is 10.8. The zero-order valence-corrected chi connectivity index (χ0v) is 25.3. The maximum absolute atomic E-state index is 14.1. The molecule has 0 saturated carbocycles. The fourth-order valence-electron chi connectivity index (χ4n) is 4.42. The maximum Gasteiger partial charge on any atom is 0.264 e. The van der Waals surface area contributed by atoms with E-state index in [0.29, 0.717) is 17.9 Å². The molecule has 1 N–H and O–H groups in total. The van der Waals surface area contributed by atoms with Crippen LogP contribution in [0, 0.1) is 6.92 Å². The molecule has 0 fully saturated rings. The standard InChI is InChI=1S/C31H39N3O6S/c1-7-27(31(36)32-22(2)3)33(20-24-15-13-23(4)14-16-24)30(35)21-34(25-11-9-8-10-12-25)41(37,38)26-17-18-28(39-5)29(19-26)40-6/h8-19,22,27H,7,20-21H2,1-6H3,(H,32,36). The van der Waals surface area contributed by atoms with Crippen LogP contribution in [0.1, 0.15) is 38.3 Å². The molecule has 0 radical (unpaired) electrons. The lowest BCUT2D eigenvalue weighted by Crippen LogP contribution is -2.53. The quantitative estimate of drug-likeness (QED) is 0.318. The first-order valence-electron chi connectivity index (χ1n) is 13.5. The highest BCUT2D eigenvalue weighted by Gasteiger charge is 2.34. The molecule has 1 atom stereocenters. The molecule has 0 saturated heterocycles. The molecule has 3 rings (SSSR count). The fraction of sp³-hybridized carbons (Fsp3) is 0.355. The number of hydrogen-bond donors (Lipinski definition) is 1. The van der Waals surface area contributed by atoms with Gasteiger partial charge in [0.15, 0.2) is 11.5 Å². The van der Waals surface area contributed by atoms with Gasteiger partial charge in [-0.25, -0.2) is 8.42 Å². The van der Waals surface area contributed by atoms with Gasteiger partial charge in [-0.2, -0.15) is 0 Å². The van der Waals surface area contributed by atoms with Gasteiger partial charge >= 0.3 is 0 Å². The lowest BCUT2D eigenvalue weighted by atomic mass is 10.1. The largest absolute Gasteiger partial charge is 0.493 e. The van der Waals surface area contributed by atoms with E-state index in [0.717, 1.165) is 15.4 Å². The number of amides is 2. The number of anilines is 1. The van der Waals surface area contributed by atoms with Crippen molar-refractivity contribution in [1.29, 1.82) is 0 Å². The molecule has 0 aliphatic rings. The van der Waals surface area contributed by atoms with Crippen LogP contribution in [-0.2, 0) is 26.2 Å². The van der Waals surface area contributed by atoms with Crippen molar-refractivity contribution in [3.05, 3.63) is 83.9 Å². The average molecular weight is 582 g/mol. The van der Waals surface area contributed by atoms with Gasteiger partial charge in [0.2, 0.25) is 11.8 Å². The van der Waals surface area contributed by atoms with E-state index in [1.807, 2.05) is 52.0 Å². The number of carbonyl (C=O) groups excluding carboxylic acids is 2. The highest BCUT2D eigenvalue weighted by molar-refractivity contribution is 7.92. The van der Waals surface area contributed by atoms with Crippen LogP contribution in [-0.4, -0.2) is 58.0 Å². The summed E-state index contributed by atoms with van der Waals surface area (Å²) in [7, 11) is -1.36. The lowest BCUT2D eigenvalue weighted by Gasteiger charge is -2.33. The predicted molar refractivity (Wildman–Crippen MR) is 160 cm³/mol. The molecule has 0 bridgehead atoms. The number of benzene rings is 3. The molecule has 10 heteroatoms. The molecule has 0 spiro atoms. The van der Waals surface area contributed by atoms with E-state index in [9.17, 15) is 18.0 Å². The molecule has 9 nitrogen and oxygen atoms in total. The van der Waals surface area contributed by atoms with Gasteiger partial charge in [-0.3, -0.25) is 13.9 Å². The van der Waals surface area contributed by atoms with Gasteiger partial charge in [0.1, 0.15) is 12.6 Å². The Labute approximate surface area is 243 Å². The highest BCUT2D eigenvalue weighted by Crippen LogP contribution is 2.32. The van der Waals surface area contributed by atoms with Crippen LogP contribution in [0.4, 0.5) is 5.69 Å². The minimum atomic E-state index is -4.24. The number of hydrogen-bond acceptors (Lipinski definition) is 6. The molecule has 3 aromatic rings. The Morgan fingerprint density at radius 3 is 2.10 bits per heavy atom. The minimum Gasteiger partial charge on any atom is -0.493 e. The molecule has 0 aromatic heterocycles. The first kappa shape index (κ1) is 31.5. The summed E-state index contributed by atoms with van der Waals surface area (Å²) in [6, 6.07) is 19.4. The molecule has 41 heavy (non-hydrogen) atoms. The number of ether oxygens (including phenoxy) is 2. The van der Waals surface area contributed by atoms with Gasteiger partial charge in [0.25, 0.3) is 10.0 Å². The number of sulfonamides is 1.